The Balaban J connectivity index is 1.47. The molecule has 6 heteroatoms. The average molecular weight is 382 g/mol. The molecule has 2 N–H and O–H groups in total. The first-order valence-corrected chi connectivity index (χ1v) is 10.1. The third-order valence-electron chi connectivity index (χ3n) is 5.04. The molecule has 1 saturated heterocycles. The van der Waals surface area contributed by atoms with Crippen LogP contribution in [0.15, 0.2) is 42.6 Å². The summed E-state index contributed by atoms with van der Waals surface area (Å²) in [6, 6.07) is 11.9. The Kier molecular flexibility index (Phi) is 5.36. The van der Waals surface area contributed by atoms with Crippen LogP contribution in [0.2, 0.25) is 0 Å². The lowest BCUT2D eigenvalue weighted by Gasteiger charge is -2.20. The zero-order valence-electron chi connectivity index (χ0n) is 15.3. The molecule has 1 aromatic heterocycles. The Labute approximate surface area is 162 Å². The van der Waals surface area contributed by atoms with E-state index in [0.717, 1.165) is 48.0 Å². The average Bonchev–Trinajstić information content (AvgIpc) is 3.17. The van der Waals surface area contributed by atoms with Gasteiger partial charge in [0.15, 0.2) is 5.13 Å². The molecule has 140 valence electrons. The van der Waals surface area contributed by atoms with Crippen molar-refractivity contribution in [1.29, 1.82) is 0 Å². The monoisotopic (exact) mass is 381 g/mol. The Morgan fingerprint density at radius 1 is 1.30 bits per heavy atom. The first kappa shape index (κ1) is 17.9. The molecular formula is C21H23N3O2S. The predicted molar refractivity (Wildman–Crippen MR) is 110 cm³/mol. The molecule has 1 aliphatic heterocycles. The summed E-state index contributed by atoms with van der Waals surface area (Å²) in [6.07, 6.45) is 4.49. The molecule has 2 heterocycles. The van der Waals surface area contributed by atoms with E-state index in [1.165, 1.54) is 4.88 Å². The maximum Gasteiger partial charge on any atom is 0.230 e. The highest BCUT2D eigenvalue weighted by Gasteiger charge is 2.18. The summed E-state index contributed by atoms with van der Waals surface area (Å²) in [5, 5.41) is 9.17. The third kappa shape index (κ3) is 4.12. The molecule has 0 atom stereocenters. The molecule has 27 heavy (non-hydrogen) atoms. The van der Waals surface area contributed by atoms with Crippen molar-refractivity contribution in [3.63, 3.8) is 0 Å². The summed E-state index contributed by atoms with van der Waals surface area (Å²) in [6.45, 7) is 2.10. The zero-order valence-corrected chi connectivity index (χ0v) is 16.1. The van der Waals surface area contributed by atoms with Crippen LogP contribution in [-0.4, -0.2) is 31.1 Å². The highest BCUT2D eigenvalue weighted by Crippen LogP contribution is 2.32. The van der Waals surface area contributed by atoms with Gasteiger partial charge in [0.25, 0.3) is 0 Å². The van der Waals surface area contributed by atoms with E-state index in [9.17, 15) is 4.79 Å². The minimum absolute atomic E-state index is 0.0449. The van der Waals surface area contributed by atoms with E-state index < -0.39 is 0 Å². The minimum Gasteiger partial charge on any atom is -0.497 e. The molecule has 0 unspecified atom stereocenters. The van der Waals surface area contributed by atoms with Crippen LogP contribution in [0, 0.1) is 0 Å². The van der Waals surface area contributed by atoms with Gasteiger partial charge in [-0.1, -0.05) is 24.3 Å². The van der Waals surface area contributed by atoms with Crippen LogP contribution in [0.1, 0.15) is 29.2 Å². The number of hydrogen-bond acceptors (Lipinski definition) is 5. The summed E-state index contributed by atoms with van der Waals surface area (Å²) in [4.78, 5) is 18.3. The van der Waals surface area contributed by atoms with Gasteiger partial charge in [0.2, 0.25) is 5.91 Å². The summed E-state index contributed by atoms with van der Waals surface area (Å²) in [7, 11) is 1.65. The van der Waals surface area contributed by atoms with Crippen LogP contribution < -0.4 is 15.4 Å². The molecule has 3 aromatic rings. The number of carbonyl (C=O) groups excluding carboxylic acids is 1. The van der Waals surface area contributed by atoms with Crippen LogP contribution in [0.25, 0.3) is 10.8 Å². The number of nitrogens with zero attached hydrogens (tertiary/aromatic N) is 1. The van der Waals surface area contributed by atoms with E-state index in [1.807, 2.05) is 42.6 Å². The standard InChI is InChI=1S/C21H23N3O2S/c1-26-17-6-5-14-3-2-4-16(18(14)12-17)11-20(25)24-21-23-13-19(27-21)15-7-9-22-10-8-15/h2-6,12-13,15,22H,7-11H2,1H3,(H,23,24,25). The van der Waals surface area contributed by atoms with Crippen molar-refractivity contribution in [3.8, 4) is 5.75 Å². The lowest BCUT2D eigenvalue weighted by molar-refractivity contribution is -0.115. The van der Waals surface area contributed by atoms with E-state index in [1.54, 1.807) is 18.4 Å². The number of nitrogens with one attached hydrogen (secondary N) is 2. The van der Waals surface area contributed by atoms with Gasteiger partial charge in [-0.3, -0.25) is 4.79 Å². The second kappa shape index (κ2) is 8.06. The van der Waals surface area contributed by atoms with Gasteiger partial charge in [0, 0.05) is 11.1 Å². The van der Waals surface area contributed by atoms with Crippen LogP contribution in [0.4, 0.5) is 5.13 Å². The Hall–Kier alpha value is -2.44. The summed E-state index contributed by atoms with van der Waals surface area (Å²) in [5.41, 5.74) is 0.985. The van der Waals surface area contributed by atoms with Gasteiger partial charge in [-0.15, -0.1) is 11.3 Å². The number of aromatic nitrogens is 1. The number of benzene rings is 2. The van der Waals surface area contributed by atoms with E-state index in [-0.39, 0.29) is 5.91 Å². The number of carbonyl (C=O) groups is 1. The topological polar surface area (TPSA) is 63.2 Å². The van der Waals surface area contributed by atoms with Crippen LogP contribution in [-0.2, 0) is 11.2 Å². The summed E-state index contributed by atoms with van der Waals surface area (Å²) >= 11 is 1.60. The SMILES string of the molecule is COc1ccc2cccc(CC(=O)Nc3ncc(C4CCNCC4)s3)c2c1. The summed E-state index contributed by atoms with van der Waals surface area (Å²) < 4.78 is 5.32. The van der Waals surface area contributed by atoms with Gasteiger partial charge >= 0.3 is 0 Å². The van der Waals surface area contributed by atoms with Crippen molar-refractivity contribution in [2.75, 3.05) is 25.5 Å². The van der Waals surface area contributed by atoms with E-state index in [2.05, 4.69) is 15.6 Å². The van der Waals surface area contributed by atoms with Crippen molar-refractivity contribution in [2.24, 2.45) is 0 Å². The molecule has 5 nitrogen and oxygen atoms in total. The molecule has 0 saturated carbocycles. The molecule has 1 amide bonds. The van der Waals surface area contributed by atoms with Gasteiger partial charge in [0.1, 0.15) is 5.75 Å². The molecule has 0 radical (unpaired) electrons. The fourth-order valence-corrected chi connectivity index (χ4v) is 4.57. The number of thiazole rings is 1. The highest BCUT2D eigenvalue weighted by molar-refractivity contribution is 7.15. The van der Waals surface area contributed by atoms with Gasteiger partial charge in [-0.25, -0.2) is 4.98 Å². The smallest absolute Gasteiger partial charge is 0.230 e. The van der Waals surface area contributed by atoms with E-state index >= 15 is 0 Å². The lowest BCUT2D eigenvalue weighted by atomic mass is 9.97. The number of piperidine rings is 1. The van der Waals surface area contributed by atoms with Gasteiger partial charge in [-0.2, -0.15) is 0 Å². The third-order valence-corrected chi connectivity index (χ3v) is 6.12. The van der Waals surface area contributed by atoms with Gasteiger partial charge < -0.3 is 15.4 Å². The van der Waals surface area contributed by atoms with Crippen molar-refractivity contribution < 1.29 is 9.53 Å². The largest absolute Gasteiger partial charge is 0.497 e. The first-order chi connectivity index (χ1) is 13.2. The van der Waals surface area contributed by atoms with Gasteiger partial charge in [-0.05, 0) is 60.3 Å². The van der Waals surface area contributed by atoms with Crippen LogP contribution in [0.5, 0.6) is 5.75 Å². The molecule has 0 bridgehead atoms. The van der Waals surface area contributed by atoms with Crippen LogP contribution >= 0.6 is 11.3 Å². The summed E-state index contributed by atoms with van der Waals surface area (Å²) in [5.74, 6) is 1.30. The van der Waals surface area contributed by atoms with E-state index in [4.69, 9.17) is 4.74 Å². The number of hydrogen-bond donors (Lipinski definition) is 2. The molecule has 1 fully saturated rings. The first-order valence-electron chi connectivity index (χ1n) is 9.25. The number of methoxy groups -OCH3 is 1. The van der Waals surface area contributed by atoms with E-state index in [0.29, 0.717) is 17.5 Å². The lowest BCUT2D eigenvalue weighted by Crippen LogP contribution is -2.26. The number of anilines is 1. The molecule has 0 aliphatic carbocycles. The number of ether oxygens (including phenoxy) is 1. The molecule has 1 aliphatic rings. The maximum atomic E-state index is 12.6. The fourth-order valence-electron chi connectivity index (χ4n) is 3.57. The molecule has 4 rings (SSSR count). The maximum absolute atomic E-state index is 12.6. The second-order valence-electron chi connectivity index (χ2n) is 6.82. The zero-order chi connectivity index (χ0) is 18.6. The number of rotatable bonds is 5. The Bertz CT molecular complexity index is 948. The number of amides is 1. The number of fused-ring (bicyclic) bond motifs is 1. The highest BCUT2D eigenvalue weighted by atomic mass is 32.1. The molecular weight excluding hydrogens is 358 g/mol. The normalized spacial score (nSPS) is 15.0. The Morgan fingerprint density at radius 2 is 2.15 bits per heavy atom. The van der Waals surface area contributed by atoms with Crippen molar-refractivity contribution in [1.82, 2.24) is 10.3 Å². The predicted octanol–water partition coefficient (Wildman–Crippen LogP) is 3.95. The van der Waals surface area contributed by atoms with Crippen molar-refractivity contribution in [2.45, 2.75) is 25.2 Å². The van der Waals surface area contributed by atoms with Crippen molar-refractivity contribution >= 4 is 33.1 Å². The van der Waals surface area contributed by atoms with Gasteiger partial charge in [0.05, 0.1) is 13.5 Å². The quantitative estimate of drug-likeness (QED) is 0.702. The molecule has 0 spiro atoms. The van der Waals surface area contributed by atoms with Crippen LogP contribution in [0.3, 0.4) is 0 Å². The van der Waals surface area contributed by atoms with Crippen molar-refractivity contribution in [3.05, 3.63) is 53.0 Å². The fraction of sp³-hybridized carbons (Fsp3) is 0.333. The second-order valence-corrected chi connectivity index (χ2v) is 7.88. The minimum atomic E-state index is -0.0449. The Morgan fingerprint density at radius 3 is 2.96 bits per heavy atom. The molecule has 2 aromatic carbocycles.